The van der Waals surface area contributed by atoms with Gasteiger partial charge in [-0.1, -0.05) is 36.0 Å². The third-order valence-electron chi connectivity index (χ3n) is 5.08. The molecule has 4 rings (SSSR count). The third kappa shape index (κ3) is 5.43. The van der Waals surface area contributed by atoms with Crippen LogP contribution in [0.3, 0.4) is 0 Å². The fourth-order valence-corrected chi connectivity index (χ4v) is 4.32. The summed E-state index contributed by atoms with van der Waals surface area (Å²) in [4.78, 5) is 30.9. The maximum Gasteiger partial charge on any atom is 0.387 e. The van der Waals surface area contributed by atoms with Gasteiger partial charge >= 0.3 is 6.61 Å². The van der Waals surface area contributed by atoms with Crippen LogP contribution in [-0.4, -0.2) is 34.4 Å². The molecule has 1 heterocycles. The fraction of sp³-hybridized carbons (Fsp3) is 0.160. The van der Waals surface area contributed by atoms with Gasteiger partial charge < -0.3 is 14.8 Å². The molecule has 0 spiro atoms. The van der Waals surface area contributed by atoms with Crippen LogP contribution >= 0.6 is 11.8 Å². The minimum absolute atomic E-state index is 0.0377. The molecule has 0 saturated carbocycles. The van der Waals surface area contributed by atoms with Crippen LogP contribution in [0, 0.1) is 0 Å². The first-order chi connectivity index (χ1) is 16.9. The zero-order valence-electron chi connectivity index (χ0n) is 18.8. The first-order valence-electron chi connectivity index (χ1n) is 10.5. The van der Waals surface area contributed by atoms with Crippen LogP contribution in [0.4, 0.5) is 14.5 Å². The van der Waals surface area contributed by atoms with Gasteiger partial charge in [-0.05, 0) is 55.5 Å². The van der Waals surface area contributed by atoms with Crippen molar-refractivity contribution in [2.45, 2.75) is 23.9 Å². The monoisotopic (exact) mass is 497 g/mol. The van der Waals surface area contributed by atoms with Crippen LogP contribution in [0.5, 0.6) is 11.5 Å². The van der Waals surface area contributed by atoms with Gasteiger partial charge in [-0.3, -0.25) is 14.2 Å². The van der Waals surface area contributed by atoms with Gasteiger partial charge in [0.1, 0.15) is 11.5 Å². The molecule has 0 radical (unpaired) electrons. The van der Waals surface area contributed by atoms with Gasteiger partial charge in [0.2, 0.25) is 5.91 Å². The largest absolute Gasteiger partial charge is 0.495 e. The number of benzene rings is 3. The number of aromatic nitrogens is 2. The highest BCUT2D eigenvalue weighted by molar-refractivity contribution is 8.00. The van der Waals surface area contributed by atoms with Gasteiger partial charge in [-0.15, -0.1) is 0 Å². The van der Waals surface area contributed by atoms with E-state index in [9.17, 15) is 18.4 Å². The minimum atomic E-state index is -2.96. The predicted octanol–water partition coefficient (Wildman–Crippen LogP) is 5.12. The number of fused-ring (bicyclic) bond motifs is 1. The van der Waals surface area contributed by atoms with Crippen molar-refractivity contribution in [3.8, 4) is 17.2 Å². The molecule has 35 heavy (non-hydrogen) atoms. The Balaban J connectivity index is 1.69. The molecule has 7 nitrogen and oxygen atoms in total. The predicted molar refractivity (Wildman–Crippen MR) is 131 cm³/mol. The summed E-state index contributed by atoms with van der Waals surface area (Å²) in [5.41, 5.74) is 1.05. The summed E-state index contributed by atoms with van der Waals surface area (Å²) in [6.07, 6.45) is 0. The number of hydrogen-bond acceptors (Lipinski definition) is 6. The van der Waals surface area contributed by atoms with E-state index < -0.39 is 11.9 Å². The molecule has 0 aliphatic rings. The highest BCUT2D eigenvalue weighted by atomic mass is 32.2. The molecule has 0 aliphatic carbocycles. The van der Waals surface area contributed by atoms with Gasteiger partial charge in [0.15, 0.2) is 5.16 Å². The number of anilines is 1. The van der Waals surface area contributed by atoms with Crippen molar-refractivity contribution in [3.63, 3.8) is 0 Å². The van der Waals surface area contributed by atoms with Crippen LogP contribution in [0.2, 0.25) is 0 Å². The molecule has 0 fully saturated rings. The van der Waals surface area contributed by atoms with Crippen molar-refractivity contribution in [3.05, 3.63) is 83.2 Å². The zero-order chi connectivity index (χ0) is 24.9. The number of methoxy groups -OCH3 is 1. The van der Waals surface area contributed by atoms with E-state index in [0.717, 1.165) is 11.8 Å². The number of ether oxygens (including phenoxy) is 2. The Labute approximate surface area is 203 Å². The number of rotatable bonds is 8. The molecule has 10 heteroatoms. The maximum atomic E-state index is 13.4. The van der Waals surface area contributed by atoms with Crippen LogP contribution in [-0.2, 0) is 4.79 Å². The number of thioether (sulfide) groups is 1. The normalized spacial score (nSPS) is 11.9. The topological polar surface area (TPSA) is 82.5 Å². The molecule has 3 aromatic carbocycles. The van der Waals surface area contributed by atoms with Crippen molar-refractivity contribution in [2.24, 2.45) is 0 Å². The molecular weight excluding hydrogens is 476 g/mol. The van der Waals surface area contributed by atoms with E-state index in [4.69, 9.17) is 4.74 Å². The van der Waals surface area contributed by atoms with Crippen molar-refractivity contribution < 1.29 is 23.0 Å². The van der Waals surface area contributed by atoms with Gasteiger partial charge in [-0.25, -0.2) is 4.98 Å². The summed E-state index contributed by atoms with van der Waals surface area (Å²) in [6.45, 7) is -1.26. The standard InChI is InChI=1S/C25H21F2N3O4S/c1-15(22(31)28-20-9-5-6-10-21(20)33-2)35-25-29-19-8-4-3-7-18(19)23(32)30(25)16-11-13-17(14-12-16)34-24(26)27/h3-15,24H,1-2H3,(H,28,31). The molecule has 4 aromatic rings. The molecule has 0 saturated heterocycles. The molecular formula is C25H21F2N3O4S. The SMILES string of the molecule is COc1ccccc1NC(=O)C(C)Sc1nc2ccccc2c(=O)n1-c1ccc(OC(F)F)cc1. The number of amides is 1. The Morgan fingerprint density at radius 2 is 1.71 bits per heavy atom. The van der Waals surface area contributed by atoms with E-state index in [1.165, 1.54) is 35.9 Å². The van der Waals surface area contributed by atoms with Gasteiger partial charge in [-0.2, -0.15) is 8.78 Å². The Bertz CT molecular complexity index is 1410. The van der Waals surface area contributed by atoms with E-state index in [-0.39, 0.29) is 22.4 Å². The lowest BCUT2D eigenvalue weighted by molar-refractivity contribution is -0.115. The number of hydrogen-bond donors (Lipinski definition) is 1. The fourth-order valence-electron chi connectivity index (χ4n) is 3.39. The summed E-state index contributed by atoms with van der Waals surface area (Å²) in [5.74, 6) is 0.170. The second kappa shape index (κ2) is 10.6. The molecule has 0 bridgehead atoms. The van der Waals surface area contributed by atoms with Gasteiger partial charge in [0.25, 0.3) is 5.56 Å². The highest BCUT2D eigenvalue weighted by Gasteiger charge is 2.21. The average Bonchev–Trinajstić information content (AvgIpc) is 2.85. The lowest BCUT2D eigenvalue weighted by Gasteiger charge is -2.17. The number of carbonyl (C=O) groups is 1. The Morgan fingerprint density at radius 3 is 2.43 bits per heavy atom. The van der Waals surface area contributed by atoms with E-state index in [2.05, 4.69) is 15.0 Å². The van der Waals surface area contributed by atoms with Gasteiger partial charge in [0.05, 0.1) is 34.6 Å². The van der Waals surface area contributed by atoms with E-state index >= 15 is 0 Å². The maximum absolute atomic E-state index is 13.4. The lowest BCUT2D eigenvalue weighted by atomic mass is 10.2. The molecule has 1 atom stereocenters. The Hall–Kier alpha value is -3.92. The minimum Gasteiger partial charge on any atom is -0.495 e. The smallest absolute Gasteiger partial charge is 0.387 e. The molecule has 1 N–H and O–H groups in total. The summed E-state index contributed by atoms with van der Waals surface area (Å²) in [6, 6.07) is 19.5. The molecule has 1 unspecified atom stereocenters. The lowest BCUT2D eigenvalue weighted by Crippen LogP contribution is -2.26. The van der Waals surface area contributed by atoms with Crippen LogP contribution < -0.4 is 20.3 Å². The van der Waals surface area contributed by atoms with Crippen LogP contribution in [0.15, 0.2) is 82.7 Å². The average molecular weight is 498 g/mol. The summed E-state index contributed by atoms with van der Waals surface area (Å²) in [5, 5.41) is 2.85. The number of carbonyl (C=O) groups excluding carboxylic acids is 1. The quantitative estimate of drug-likeness (QED) is 0.269. The molecule has 180 valence electrons. The first-order valence-corrected chi connectivity index (χ1v) is 11.4. The first kappa shape index (κ1) is 24.2. The highest BCUT2D eigenvalue weighted by Crippen LogP contribution is 2.28. The number of nitrogens with one attached hydrogen (secondary N) is 1. The van der Waals surface area contributed by atoms with Crippen molar-refractivity contribution >= 4 is 34.3 Å². The summed E-state index contributed by atoms with van der Waals surface area (Å²) >= 11 is 1.10. The van der Waals surface area contributed by atoms with E-state index in [1.54, 1.807) is 55.5 Å². The van der Waals surface area contributed by atoms with Crippen LogP contribution in [0.1, 0.15) is 6.92 Å². The summed E-state index contributed by atoms with van der Waals surface area (Å²) in [7, 11) is 1.51. The zero-order valence-corrected chi connectivity index (χ0v) is 19.6. The summed E-state index contributed by atoms with van der Waals surface area (Å²) < 4.78 is 36.1. The molecule has 1 aromatic heterocycles. The number of alkyl halides is 2. The van der Waals surface area contributed by atoms with Crippen molar-refractivity contribution in [1.29, 1.82) is 0 Å². The third-order valence-corrected chi connectivity index (χ3v) is 6.13. The second-order valence-electron chi connectivity index (χ2n) is 7.37. The van der Waals surface area contributed by atoms with E-state index in [1.807, 2.05) is 0 Å². The Kier molecular flexibility index (Phi) is 7.31. The number of nitrogens with zero attached hydrogens (tertiary/aromatic N) is 2. The number of halogens is 2. The van der Waals surface area contributed by atoms with Gasteiger partial charge in [0, 0.05) is 0 Å². The molecule has 0 aliphatic heterocycles. The second-order valence-corrected chi connectivity index (χ2v) is 8.68. The van der Waals surface area contributed by atoms with Crippen molar-refractivity contribution in [1.82, 2.24) is 9.55 Å². The van der Waals surface area contributed by atoms with Crippen LogP contribution in [0.25, 0.3) is 16.6 Å². The molecule has 1 amide bonds. The van der Waals surface area contributed by atoms with Crippen molar-refractivity contribution in [2.75, 3.05) is 12.4 Å². The Morgan fingerprint density at radius 1 is 1.03 bits per heavy atom. The van der Waals surface area contributed by atoms with E-state index in [0.29, 0.717) is 28.0 Å². The number of para-hydroxylation sites is 3.